The Morgan fingerprint density at radius 3 is 2.62 bits per heavy atom. The van der Waals surface area contributed by atoms with Crippen LogP contribution in [0.2, 0.25) is 0 Å². The van der Waals surface area contributed by atoms with E-state index in [0.717, 1.165) is 10.9 Å². The number of aliphatic hydroxyl groups excluding tert-OH is 1. The van der Waals surface area contributed by atoms with Gasteiger partial charge < -0.3 is 39.7 Å². The maximum atomic E-state index is 13.1. The van der Waals surface area contributed by atoms with E-state index in [9.17, 15) is 39.3 Å². The highest BCUT2D eigenvalue weighted by molar-refractivity contribution is 6.06. The molecule has 2 aromatic heterocycles. The summed E-state index contributed by atoms with van der Waals surface area (Å²) in [6, 6.07) is 14.7. The molecule has 1 saturated heterocycles. The number of hydrogen-bond acceptors (Lipinski definition) is 11. The van der Waals surface area contributed by atoms with Crippen molar-refractivity contribution in [3.05, 3.63) is 88.0 Å². The number of aliphatic hydroxyl groups is 1. The van der Waals surface area contributed by atoms with Crippen molar-refractivity contribution in [2.24, 2.45) is 0 Å². The van der Waals surface area contributed by atoms with Crippen molar-refractivity contribution in [3.8, 4) is 28.6 Å². The zero-order chi connectivity index (χ0) is 41.2. The average molecular weight is 795 g/mol. The summed E-state index contributed by atoms with van der Waals surface area (Å²) in [7, 11) is 1.67. The number of phenolic OH excluding ortho intramolecular Hbond substituents is 2. The second kappa shape index (κ2) is 16.6. The predicted molar refractivity (Wildman–Crippen MR) is 212 cm³/mol. The van der Waals surface area contributed by atoms with Gasteiger partial charge in [-0.15, -0.1) is 0 Å². The summed E-state index contributed by atoms with van der Waals surface area (Å²) >= 11 is 0. The Morgan fingerprint density at radius 1 is 1.03 bits per heavy atom. The number of benzene rings is 3. The van der Waals surface area contributed by atoms with Gasteiger partial charge in [-0.2, -0.15) is 5.10 Å². The highest BCUT2D eigenvalue weighted by atomic mass is 16.5. The first kappa shape index (κ1) is 39.8. The molecule has 17 nitrogen and oxygen atoms in total. The second-order valence-corrected chi connectivity index (χ2v) is 14.9. The number of aromatic amines is 1. The second-order valence-electron chi connectivity index (χ2n) is 14.9. The summed E-state index contributed by atoms with van der Waals surface area (Å²) in [5.41, 5.74) is 3.50. The molecule has 2 aliphatic rings. The van der Waals surface area contributed by atoms with Gasteiger partial charge in [-0.3, -0.25) is 24.5 Å². The van der Waals surface area contributed by atoms with E-state index < -0.39 is 23.9 Å². The smallest absolute Gasteiger partial charge is 0.348 e. The number of rotatable bonds is 15. The molecule has 3 aromatic carbocycles. The number of anilines is 1. The maximum Gasteiger partial charge on any atom is 0.348 e. The molecule has 304 valence electrons. The van der Waals surface area contributed by atoms with E-state index in [4.69, 9.17) is 4.74 Å². The topological polar surface area (TPSA) is 224 Å². The van der Waals surface area contributed by atoms with Gasteiger partial charge in [0.05, 0.1) is 24.5 Å². The van der Waals surface area contributed by atoms with E-state index in [-0.39, 0.29) is 73.2 Å². The van der Waals surface area contributed by atoms with E-state index in [1.807, 2.05) is 42.8 Å². The number of piperidine rings is 1. The van der Waals surface area contributed by atoms with E-state index in [2.05, 4.69) is 20.8 Å². The lowest BCUT2D eigenvalue weighted by Crippen LogP contribution is -2.52. The molecule has 0 saturated carbocycles. The van der Waals surface area contributed by atoms with Gasteiger partial charge in [-0.25, -0.2) is 14.5 Å². The van der Waals surface area contributed by atoms with Gasteiger partial charge in [-0.1, -0.05) is 19.9 Å². The van der Waals surface area contributed by atoms with Crippen LogP contribution in [0, 0.1) is 0 Å². The molecule has 17 heteroatoms. The zero-order valence-electron chi connectivity index (χ0n) is 32.4. The Bertz CT molecular complexity index is 2450. The Labute approximate surface area is 332 Å². The Morgan fingerprint density at radius 2 is 1.84 bits per heavy atom. The molecule has 4 amide bonds. The third-order valence-electron chi connectivity index (χ3n) is 10.7. The fourth-order valence-corrected chi connectivity index (χ4v) is 7.49. The molecule has 58 heavy (non-hydrogen) atoms. The van der Waals surface area contributed by atoms with Crippen LogP contribution in [0.1, 0.15) is 66.9 Å². The minimum atomic E-state index is -1.07. The molecule has 4 heterocycles. The molecule has 2 aliphatic heterocycles. The number of imide groups is 1. The van der Waals surface area contributed by atoms with Crippen LogP contribution >= 0.6 is 0 Å². The van der Waals surface area contributed by atoms with Crippen molar-refractivity contribution >= 4 is 40.2 Å². The third-order valence-corrected chi connectivity index (χ3v) is 10.7. The number of carbonyl (C=O) groups is 4. The lowest BCUT2D eigenvalue weighted by molar-refractivity contribution is -0.137. The summed E-state index contributed by atoms with van der Waals surface area (Å²) in [5, 5.41) is 44.5. The van der Waals surface area contributed by atoms with Gasteiger partial charge in [0.25, 0.3) is 5.91 Å². The van der Waals surface area contributed by atoms with Crippen LogP contribution < -0.4 is 16.3 Å². The summed E-state index contributed by atoms with van der Waals surface area (Å²) < 4.78 is 9.26. The van der Waals surface area contributed by atoms with Gasteiger partial charge in [0.2, 0.25) is 17.7 Å². The van der Waals surface area contributed by atoms with Crippen LogP contribution in [-0.2, 0) is 32.2 Å². The standard InChI is InChI=1S/C41H46N8O9/c1-23(2)27-20-28(34(51)21-33(27)50)38-44-45-41(57)49(38)25-7-8-31-24(19-25)13-14-47(31)16-18-58-17-15-46(3)37(54)12-11-35(52)42-30-6-4-5-26-29(30)22-48(40(26)56)32-9-10-36(53)43-39(32)55/h4-8,13-14,19-21,23,32,35,42,50-52H,9-12,15-18,22H2,1-3H3,(H,45,57)(H,43,53,55). The van der Waals surface area contributed by atoms with Gasteiger partial charge in [0.15, 0.2) is 5.82 Å². The summed E-state index contributed by atoms with van der Waals surface area (Å²) in [6.45, 7) is 5.55. The number of carbonyl (C=O) groups excluding carboxylic acids is 4. The number of phenols is 2. The maximum absolute atomic E-state index is 13.1. The lowest BCUT2D eigenvalue weighted by Gasteiger charge is -2.29. The molecule has 6 N–H and O–H groups in total. The molecular weight excluding hydrogens is 748 g/mol. The Balaban J connectivity index is 0.875. The third kappa shape index (κ3) is 8.03. The summed E-state index contributed by atoms with van der Waals surface area (Å²) in [4.78, 5) is 65.9. The van der Waals surface area contributed by atoms with E-state index in [1.54, 1.807) is 42.3 Å². The number of hydrogen-bond donors (Lipinski definition) is 6. The fraction of sp³-hybridized carbons (Fsp3) is 0.366. The molecule has 0 spiro atoms. The first-order chi connectivity index (χ1) is 27.8. The molecule has 1 fully saturated rings. The lowest BCUT2D eigenvalue weighted by atomic mass is 9.98. The average Bonchev–Trinajstić information content (AvgIpc) is 3.88. The van der Waals surface area contributed by atoms with Crippen molar-refractivity contribution in [2.45, 2.75) is 70.8 Å². The van der Waals surface area contributed by atoms with Gasteiger partial charge in [0.1, 0.15) is 23.8 Å². The number of fused-ring (bicyclic) bond motifs is 2. The fourth-order valence-electron chi connectivity index (χ4n) is 7.49. The van der Waals surface area contributed by atoms with E-state index in [0.29, 0.717) is 59.9 Å². The first-order valence-corrected chi connectivity index (χ1v) is 19.2. The molecule has 7 rings (SSSR count). The largest absolute Gasteiger partial charge is 0.508 e. The number of ether oxygens (including phenoxy) is 1. The van der Waals surface area contributed by atoms with Gasteiger partial charge >= 0.3 is 5.69 Å². The van der Waals surface area contributed by atoms with Gasteiger partial charge in [0, 0.05) is 85.9 Å². The van der Waals surface area contributed by atoms with Crippen LogP contribution in [0.5, 0.6) is 11.5 Å². The first-order valence-electron chi connectivity index (χ1n) is 19.2. The number of H-pyrrole nitrogens is 1. The number of nitrogens with one attached hydrogen (secondary N) is 3. The van der Waals surface area contributed by atoms with Crippen molar-refractivity contribution in [2.75, 3.05) is 32.1 Å². The molecule has 2 unspecified atom stereocenters. The summed E-state index contributed by atoms with van der Waals surface area (Å²) in [6.07, 6.45) is 1.44. The van der Waals surface area contributed by atoms with Crippen molar-refractivity contribution in [1.82, 2.24) is 34.4 Å². The van der Waals surface area contributed by atoms with Crippen molar-refractivity contribution in [1.29, 1.82) is 0 Å². The predicted octanol–water partition coefficient (Wildman–Crippen LogP) is 3.16. The van der Waals surface area contributed by atoms with Crippen LogP contribution in [0.4, 0.5) is 5.69 Å². The molecule has 2 atom stereocenters. The van der Waals surface area contributed by atoms with Crippen molar-refractivity contribution in [3.63, 3.8) is 0 Å². The van der Waals surface area contributed by atoms with E-state index >= 15 is 0 Å². The van der Waals surface area contributed by atoms with E-state index in [1.165, 1.54) is 15.5 Å². The zero-order valence-corrected chi connectivity index (χ0v) is 32.4. The number of aromatic nitrogens is 4. The van der Waals surface area contributed by atoms with Crippen molar-refractivity contribution < 1.29 is 39.2 Å². The molecule has 5 aromatic rings. The van der Waals surface area contributed by atoms with Crippen LogP contribution in [0.25, 0.3) is 28.0 Å². The van der Waals surface area contributed by atoms with Crippen LogP contribution in [0.15, 0.2) is 65.6 Å². The Kier molecular flexibility index (Phi) is 11.4. The normalized spacial score (nSPS) is 15.9. The monoisotopic (exact) mass is 794 g/mol. The van der Waals surface area contributed by atoms with Crippen LogP contribution in [0.3, 0.4) is 0 Å². The quantitative estimate of drug-likeness (QED) is 0.0513. The minimum absolute atomic E-state index is 0.0282. The SMILES string of the molecule is CC(C)c1cc(-c2n[nH]c(=O)n2-c2ccc3c(ccn3CCOCCN(C)C(=O)CCC(O)Nc3cccc4c3CN(C3CCC(=O)NC3=O)C4=O)c2)c(O)cc1O. The highest BCUT2D eigenvalue weighted by Crippen LogP contribution is 2.38. The highest BCUT2D eigenvalue weighted by Gasteiger charge is 2.40. The number of aromatic hydroxyl groups is 2. The van der Waals surface area contributed by atoms with Gasteiger partial charge in [-0.05, 0) is 60.4 Å². The number of nitrogens with zero attached hydrogens (tertiary/aromatic N) is 5. The van der Waals surface area contributed by atoms with Crippen LogP contribution in [-0.4, -0.2) is 107 Å². The molecule has 0 radical (unpaired) electrons. The molecule has 0 aliphatic carbocycles. The minimum Gasteiger partial charge on any atom is -0.508 e. The molecular formula is C41H46N8O9. The summed E-state index contributed by atoms with van der Waals surface area (Å²) in [5.74, 6) is -1.39. The number of likely N-dealkylation sites (N-methyl/N-ethyl adjacent to an activating group) is 1. The molecule has 0 bridgehead atoms. The number of amides is 4. The Hall–Kier alpha value is -6.46.